The third-order valence-electron chi connectivity index (χ3n) is 7.32. The molecular formula is C33H21Cl2N3O2S. The summed E-state index contributed by atoms with van der Waals surface area (Å²) in [5.41, 5.74) is 5.91. The van der Waals surface area contributed by atoms with E-state index in [4.69, 9.17) is 33.2 Å². The van der Waals surface area contributed by atoms with Crippen molar-refractivity contribution in [2.45, 2.75) is 19.3 Å². The van der Waals surface area contributed by atoms with E-state index < -0.39 is 5.56 Å². The van der Waals surface area contributed by atoms with Crippen LogP contribution in [0.2, 0.25) is 10.0 Å². The van der Waals surface area contributed by atoms with Crippen molar-refractivity contribution in [1.29, 1.82) is 0 Å². The van der Waals surface area contributed by atoms with Crippen LogP contribution in [0.5, 0.6) is 0 Å². The van der Waals surface area contributed by atoms with Gasteiger partial charge >= 0.3 is 0 Å². The van der Waals surface area contributed by atoms with Crippen LogP contribution in [-0.4, -0.2) is 14.4 Å². The number of aromatic nitrogens is 3. The van der Waals surface area contributed by atoms with Gasteiger partial charge in [-0.25, -0.2) is 9.38 Å². The van der Waals surface area contributed by atoms with Gasteiger partial charge in [-0.1, -0.05) is 89.1 Å². The van der Waals surface area contributed by atoms with Crippen molar-refractivity contribution in [3.8, 4) is 11.1 Å². The van der Waals surface area contributed by atoms with Crippen LogP contribution < -0.4 is 15.7 Å². The highest BCUT2D eigenvalue weighted by Crippen LogP contribution is 2.40. The van der Waals surface area contributed by atoms with Gasteiger partial charge < -0.3 is 0 Å². The maximum absolute atomic E-state index is 14.1. The van der Waals surface area contributed by atoms with Crippen molar-refractivity contribution in [2.75, 3.05) is 0 Å². The summed E-state index contributed by atoms with van der Waals surface area (Å²) in [6, 6.07) is 24.7. The molecular weight excluding hydrogens is 573 g/mol. The van der Waals surface area contributed by atoms with E-state index in [1.165, 1.54) is 15.7 Å². The number of pyridine rings is 1. The molecule has 0 aliphatic heterocycles. The van der Waals surface area contributed by atoms with E-state index in [1.54, 1.807) is 6.08 Å². The summed E-state index contributed by atoms with van der Waals surface area (Å²) in [7, 11) is 0. The first-order valence-corrected chi connectivity index (χ1v) is 14.7. The van der Waals surface area contributed by atoms with Crippen molar-refractivity contribution in [2.24, 2.45) is 0 Å². The molecule has 3 aromatic carbocycles. The average molecular weight is 595 g/mol. The Kier molecular flexibility index (Phi) is 6.54. The molecule has 0 fully saturated rings. The Morgan fingerprint density at radius 3 is 2.17 bits per heavy atom. The minimum Gasteiger partial charge on any atom is -0.268 e. The first kappa shape index (κ1) is 25.8. The molecule has 0 saturated carbocycles. The maximum atomic E-state index is 14.1. The lowest BCUT2D eigenvalue weighted by atomic mass is 9.84. The van der Waals surface area contributed by atoms with Crippen LogP contribution in [0.3, 0.4) is 0 Å². The smallest absolute Gasteiger partial charge is 0.268 e. The van der Waals surface area contributed by atoms with E-state index in [9.17, 15) is 9.59 Å². The fraction of sp³-hybridized carbons (Fsp3) is 0.0909. The van der Waals surface area contributed by atoms with Gasteiger partial charge in [-0.15, -0.1) is 0 Å². The van der Waals surface area contributed by atoms with Crippen molar-refractivity contribution in [1.82, 2.24) is 14.4 Å². The van der Waals surface area contributed by atoms with Gasteiger partial charge in [0.2, 0.25) is 4.96 Å². The van der Waals surface area contributed by atoms with Crippen LogP contribution >= 0.6 is 34.5 Å². The minimum atomic E-state index is -0.409. The quantitative estimate of drug-likeness (QED) is 0.220. The molecule has 0 atom stereocenters. The summed E-state index contributed by atoms with van der Waals surface area (Å²) >= 11 is 13.5. The summed E-state index contributed by atoms with van der Waals surface area (Å²) in [4.78, 5) is 37.8. The highest BCUT2D eigenvalue weighted by Gasteiger charge is 2.26. The molecule has 0 spiro atoms. The number of hydrogen-bond donors (Lipinski definition) is 0. The summed E-state index contributed by atoms with van der Waals surface area (Å²) in [6.45, 7) is 0. The Hall–Kier alpha value is -4.10. The van der Waals surface area contributed by atoms with Gasteiger partial charge in [0.05, 0.1) is 15.6 Å². The third-order valence-corrected chi connectivity index (χ3v) is 8.79. The summed E-state index contributed by atoms with van der Waals surface area (Å²) in [5, 5.41) is 1.62. The second-order valence-corrected chi connectivity index (χ2v) is 11.8. The van der Waals surface area contributed by atoms with Crippen LogP contribution in [0.1, 0.15) is 35.2 Å². The Bertz CT molecular complexity index is 2170. The number of fused-ring (bicyclic) bond motifs is 3. The Morgan fingerprint density at radius 1 is 0.756 bits per heavy atom. The number of benzene rings is 3. The molecule has 0 bridgehead atoms. The molecule has 5 nitrogen and oxygen atoms in total. The lowest BCUT2D eigenvalue weighted by Crippen LogP contribution is -2.31. The number of nitrogens with zero attached hydrogens (tertiary/aromatic N) is 3. The molecule has 7 rings (SSSR count). The van der Waals surface area contributed by atoms with Crippen molar-refractivity contribution in [3.63, 3.8) is 0 Å². The van der Waals surface area contributed by atoms with Crippen molar-refractivity contribution in [3.05, 3.63) is 137 Å². The van der Waals surface area contributed by atoms with Crippen LogP contribution in [0.15, 0.2) is 88.5 Å². The molecule has 41 heavy (non-hydrogen) atoms. The normalized spacial score (nSPS) is 14.7. The number of rotatable bonds is 3. The lowest BCUT2D eigenvalue weighted by molar-refractivity contribution is 0.815. The lowest BCUT2D eigenvalue weighted by Gasteiger charge is -2.23. The first-order valence-electron chi connectivity index (χ1n) is 13.2. The van der Waals surface area contributed by atoms with Gasteiger partial charge in [-0.2, -0.15) is 4.98 Å². The van der Waals surface area contributed by atoms with Crippen LogP contribution in [-0.2, 0) is 6.42 Å². The number of thiazole rings is 1. The fourth-order valence-electron chi connectivity index (χ4n) is 5.44. The van der Waals surface area contributed by atoms with Gasteiger partial charge in [0.15, 0.2) is 5.65 Å². The third kappa shape index (κ3) is 4.68. The van der Waals surface area contributed by atoms with Crippen molar-refractivity contribution >= 4 is 68.3 Å². The first-order chi connectivity index (χ1) is 20.0. The Labute approximate surface area is 248 Å². The zero-order valence-electron chi connectivity index (χ0n) is 21.6. The molecule has 3 aromatic heterocycles. The SMILES string of the molecule is O=c1/c(=C\c2ccccc2)sc2nc3nc4c(c(-c5ccc(Cl)cc5)c3c(=O)n12)CCC/C4=C\c1ccc(Cl)cc1. The minimum absolute atomic E-state index is 0.322. The van der Waals surface area contributed by atoms with E-state index in [0.29, 0.717) is 30.6 Å². The van der Waals surface area contributed by atoms with Gasteiger partial charge in [0, 0.05) is 15.6 Å². The average Bonchev–Trinajstić information content (AvgIpc) is 3.29. The predicted molar refractivity (Wildman–Crippen MR) is 169 cm³/mol. The second kappa shape index (κ2) is 10.4. The monoisotopic (exact) mass is 593 g/mol. The molecule has 0 unspecified atom stereocenters. The van der Waals surface area contributed by atoms with Gasteiger partial charge in [-0.3, -0.25) is 9.59 Å². The van der Waals surface area contributed by atoms with E-state index in [2.05, 4.69) is 6.08 Å². The molecule has 0 N–H and O–H groups in total. The van der Waals surface area contributed by atoms with Gasteiger partial charge in [-0.05, 0) is 83.5 Å². The van der Waals surface area contributed by atoms with E-state index in [-0.39, 0.29) is 5.56 Å². The van der Waals surface area contributed by atoms with Crippen LogP contribution in [0.4, 0.5) is 0 Å². The number of halogens is 2. The molecule has 0 amide bonds. The summed E-state index contributed by atoms with van der Waals surface area (Å²) < 4.78 is 1.62. The standard InChI is InChI=1S/C33H21Cl2N3O2S/c34-23-13-9-20(10-14-23)17-22-7-4-8-25-27(21-11-15-24(35)16-12-21)28-30(36-29(22)25)37-33-38(32(28)40)31(39)26(41-33)18-19-5-2-1-3-6-19/h1-3,5-6,9-18H,4,7-8H2/b22-17+,26-18+. The van der Waals surface area contributed by atoms with E-state index in [0.717, 1.165) is 58.3 Å². The fourth-order valence-corrected chi connectivity index (χ4v) is 6.66. The zero-order chi connectivity index (χ0) is 28.1. The highest BCUT2D eigenvalue weighted by molar-refractivity contribution is 7.15. The van der Waals surface area contributed by atoms with Crippen molar-refractivity contribution < 1.29 is 0 Å². The molecule has 8 heteroatoms. The second-order valence-electron chi connectivity index (χ2n) is 9.96. The summed E-state index contributed by atoms with van der Waals surface area (Å²) in [6.07, 6.45) is 6.40. The largest absolute Gasteiger partial charge is 0.277 e. The number of allylic oxidation sites excluding steroid dienone is 1. The van der Waals surface area contributed by atoms with Gasteiger partial charge in [0.25, 0.3) is 11.1 Å². The Balaban J connectivity index is 1.55. The summed E-state index contributed by atoms with van der Waals surface area (Å²) in [5.74, 6) is 0. The van der Waals surface area contributed by atoms with E-state index in [1.807, 2.05) is 78.9 Å². The molecule has 3 heterocycles. The number of hydrogen-bond acceptors (Lipinski definition) is 5. The molecule has 0 radical (unpaired) electrons. The van der Waals surface area contributed by atoms with Crippen LogP contribution in [0.25, 0.3) is 44.8 Å². The molecule has 0 saturated heterocycles. The molecule has 6 aromatic rings. The van der Waals surface area contributed by atoms with Gasteiger partial charge in [0.1, 0.15) is 0 Å². The molecule has 200 valence electrons. The molecule has 1 aliphatic rings. The van der Waals surface area contributed by atoms with Crippen LogP contribution in [0, 0.1) is 0 Å². The maximum Gasteiger partial charge on any atom is 0.277 e. The zero-order valence-corrected chi connectivity index (χ0v) is 23.9. The molecule has 1 aliphatic carbocycles. The highest BCUT2D eigenvalue weighted by atomic mass is 35.5. The topological polar surface area (TPSA) is 64.3 Å². The Morgan fingerprint density at radius 2 is 1.44 bits per heavy atom. The predicted octanol–water partition coefficient (Wildman–Crippen LogP) is 7.06. The van der Waals surface area contributed by atoms with E-state index >= 15 is 0 Å².